The summed E-state index contributed by atoms with van der Waals surface area (Å²) in [5.74, 6) is 3.74. The molecule has 0 aliphatic heterocycles. The van der Waals surface area contributed by atoms with E-state index in [-0.39, 0.29) is 12.3 Å². The number of aromatic nitrogens is 1. The number of methoxy groups -OCH3 is 1. The smallest absolute Gasteiger partial charge is 0.217 e. The standard InChI is InChI=1S/C32H48N6O2/c1-21(28(16-33)19-36-22(2)35-18-25-5-4-10-34-31(25)40-3)38-20-32-13-24-11-26(14-32)30(27(12-24)15-32)37-17-23-6-8-29(39)9-7-23/h4-5,10,19,22-24,26-27,29-30,35,37-39H,6-9,11-15,17-18,20H2,1-3H3/b28-21+,36-19-/t22?,23?,24?,26-,27+,29?,30?,32?. The van der Waals surface area contributed by atoms with E-state index in [9.17, 15) is 10.4 Å². The zero-order valence-electron chi connectivity index (χ0n) is 24.5. The van der Waals surface area contributed by atoms with E-state index in [0.29, 0.717) is 29.5 Å². The SMILES string of the molecule is COc1ncccc1CNC(C)/N=C\C(C#N)=C(/C)NCC12CC3C[C@H](C1)C(NCC1CCC(O)CC1)[C@@H](C3)C2. The lowest BCUT2D eigenvalue weighted by Gasteiger charge is -2.60. The number of ether oxygens (including phenoxy) is 1. The number of hydrogen-bond donors (Lipinski definition) is 4. The van der Waals surface area contributed by atoms with Gasteiger partial charge in [0.1, 0.15) is 6.07 Å². The lowest BCUT2D eigenvalue weighted by molar-refractivity contribution is -0.0752. The number of nitrogens with one attached hydrogen (secondary N) is 3. The first-order valence-corrected chi connectivity index (χ1v) is 15.4. The Balaban J connectivity index is 1.13. The normalized spacial score (nSPS) is 34.4. The molecule has 1 aromatic heterocycles. The molecule has 40 heavy (non-hydrogen) atoms. The predicted molar refractivity (Wildman–Crippen MR) is 158 cm³/mol. The van der Waals surface area contributed by atoms with Gasteiger partial charge >= 0.3 is 0 Å². The first kappa shape index (κ1) is 29.0. The van der Waals surface area contributed by atoms with Crippen molar-refractivity contribution in [2.75, 3.05) is 20.2 Å². The van der Waals surface area contributed by atoms with Gasteiger partial charge in [0.05, 0.1) is 25.0 Å². The second-order valence-corrected chi connectivity index (χ2v) is 13.1. The van der Waals surface area contributed by atoms with Gasteiger partial charge in [0.2, 0.25) is 5.88 Å². The second kappa shape index (κ2) is 13.0. The van der Waals surface area contributed by atoms with Gasteiger partial charge in [0.15, 0.2) is 0 Å². The van der Waals surface area contributed by atoms with E-state index in [4.69, 9.17) is 4.74 Å². The molecule has 5 aliphatic rings. The van der Waals surface area contributed by atoms with Crippen molar-refractivity contribution in [2.24, 2.45) is 34.1 Å². The number of nitriles is 1. The summed E-state index contributed by atoms with van der Waals surface area (Å²) in [7, 11) is 1.62. The number of aliphatic hydroxyl groups excluding tert-OH is 1. The first-order chi connectivity index (χ1) is 19.4. The summed E-state index contributed by atoms with van der Waals surface area (Å²) >= 11 is 0. The molecular weight excluding hydrogens is 500 g/mol. The van der Waals surface area contributed by atoms with Gasteiger partial charge in [-0.05, 0) is 113 Å². The second-order valence-electron chi connectivity index (χ2n) is 13.1. The van der Waals surface area contributed by atoms with Gasteiger partial charge < -0.3 is 20.5 Å². The molecule has 5 saturated carbocycles. The molecule has 6 atom stereocenters. The molecule has 0 saturated heterocycles. The summed E-state index contributed by atoms with van der Waals surface area (Å²) in [5, 5.41) is 30.8. The zero-order chi connectivity index (χ0) is 28.1. The summed E-state index contributed by atoms with van der Waals surface area (Å²) in [6.45, 7) is 6.65. The number of nitrogens with zero attached hydrogens (tertiary/aromatic N) is 3. The third kappa shape index (κ3) is 6.87. The van der Waals surface area contributed by atoms with E-state index < -0.39 is 0 Å². The van der Waals surface area contributed by atoms with Gasteiger partial charge in [-0.2, -0.15) is 5.26 Å². The summed E-state index contributed by atoms with van der Waals surface area (Å²) in [4.78, 5) is 8.83. The molecule has 8 heteroatoms. The van der Waals surface area contributed by atoms with E-state index in [1.807, 2.05) is 26.0 Å². The lowest BCUT2D eigenvalue weighted by atomic mass is 9.48. The van der Waals surface area contributed by atoms with Crippen LogP contribution in [-0.2, 0) is 6.54 Å². The van der Waals surface area contributed by atoms with Crippen molar-refractivity contribution in [2.45, 2.75) is 96.5 Å². The third-order valence-corrected chi connectivity index (χ3v) is 10.2. The van der Waals surface area contributed by atoms with Gasteiger partial charge in [0, 0.05) is 42.8 Å². The third-order valence-electron chi connectivity index (χ3n) is 10.2. The number of aliphatic hydroxyl groups is 1. The number of pyridine rings is 1. The molecule has 1 aromatic rings. The summed E-state index contributed by atoms with van der Waals surface area (Å²) in [5.41, 5.74) is 2.83. The van der Waals surface area contributed by atoms with Crippen LogP contribution in [0.4, 0.5) is 0 Å². The summed E-state index contributed by atoms with van der Waals surface area (Å²) in [6.07, 6.45) is 14.1. The average Bonchev–Trinajstić information content (AvgIpc) is 2.95. The van der Waals surface area contributed by atoms with Crippen LogP contribution in [0.3, 0.4) is 0 Å². The van der Waals surface area contributed by atoms with Crippen LogP contribution in [-0.4, -0.2) is 54.8 Å². The fraction of sp³-hybridized carbons (Fsp3) is 0.719. The molecule has 0 aromatic carbocycles. The molecule has 5 fully saturated rings. The van der Waals surface area contributed by atoms with Gasteiger partial charge in [0.25, 0.3) is 0 Å². The first-order valence-electron chi connectivity index (χ1n) is 15.4. The number of aliphatic imine (C=N–C) groups is 1. The highest BCUT2D eigenvalue weighted by Gasteiger charge is 2.55. The van der Waals surface area contributed by atoms with E-state index in [1.165, 1.54) is 32.1 Å². The Kier molecular flexibility index (Phi) is 9.45. The minimum Gasteiger partial charge on any atom is -0.481 e. The van der Waals surface area contributed by atoms with E-state index in [1.54, 1.807) is 19.5 Å². The Hall–Kier alpha value is -2.47. The Morgan fingerprint density at radius 1 is 1.25 bits per heavy atom. The lowest BCUT2D eigenvalue weighted by Crippen LogP contribution is -2.60. The highest BCUT2D eigenvalue weighted by atomic mass is 16.5. The van der Waals surface area contributed by atoms with Crippen LogP contribution in [0.5, 0.6) is 5.88 Å². The topological polar surface area (TPSA) is 115 Å². The Morgan fingerprint density at radius 3 is 2.70 bits per heavy atom. The largest absolute Gasteiger partial charge is 0.481 e. The van der Waals surface area contributed by atoms with Gasteiger partial charge in [-0.15, -0.1) is 0 Å². The fourth-order valence-electron chi connectivity index (χ4n) is 8.26. The number of rotatable bonds is 12. The molecule has 0 spiro atoms. The van der Waals surface area contributed by atoms with Crippen LogP contribution < -0.4 is 20.7 Å². The van der Waals surface area contributed by atoms with E-state index >= 15 is 0 Å². The van der Waals surface area contributed by atoms with Crippen LogP contribution in [0.25, 0.3) is 0 Å². The molecule has 5 aliphatic carbocycles. The van der Waals surface area contributed by atoms with Crippen LogP contribution in [0, 0.1) is 40.4 Å². The average molecular weight is 549 g/mol. The highest BCUT2D eigenvalue weighted by molar-refractivity contribution is 5.84. The van der Waals surface area contributed by atoms with Crippen LogP contribution >= 0.6 is 0 Å². The Morgan fingerprint density at radius 2 is 2.00 bits per heavy atom. The molecule has 218 valence electrons. The Bertz CT molecular complexity index is 1090. The zero-order valence-corrected chi connectivity index (χ0v) is 24.5. The van der Waals surface area contributed by atoms with E-state index in [0.717, 1.165) is 73.7 Å². The minimum atomic E-state index is -0.146. The molecule has 8 nitrogen and oxygen atoms in total. The van der Waals surface area contributed by atoms with Crippen molar-refractivity contribution in [3.63, 3.8) is 0 Å². The maximum atomic E-state index is 9.86. The number of hydrogen-bond acceptors (Lipinski definition) is 8. The van der Waals surface area contributed by atoms with Gasteiger partial charge in [-0.3, -0.25) is 10.3 Å². The molecule has 6 rings (SSSR count). The summed E-state index contributed by atoms with van der Waals surface area (Å²) in [6, 6.07) is 6.89. The van der Waals surface area contributed by atoms with Crippen molar-refractivity contribution in [1.29, 1.82) is 5.26 Å². The van der Waals surface area contributed by atoms with Crippen LogP contribution in [0.1, 0.15) is 77.2 Å². The highest BCUT2D eigenvalue weighted by Crippen LogP contribution is 2.59. The molecule has 0 radical (unpaired) electrons. The van der Waals surface area contributed by atoms with E-state index in [2.05, 4.69) is 32.0 Å². The van der Waals surface area contributed by atoms with Gasteiger partial charge in [-0.25, -0.2) is 4.98 Å². The molecule has 0 amide bonds. The quantitative estimate of drug-likeness (QED) is 0.227. The maximum Gasteiger partial charge on any atom is 0.217 e. The minimum absolute atomic E-state index is 0.0720. The fourth-order valence-corrected chi connectivity index (χ4v) is 8.26. The molecule has 4 N–H and O–H groups in total. The molecule has 4 unspecified atom stereocenters. The molecule has 4 bridgehead atoms. The Labute approximate surface area is 240 Å². The summed E-state index contributed by atoms with van der Waals surface area (Å²) < 4.78 is 5.33. The van der Waals surface area contributed by atoms with Crippen LogP contribution in [0.2, 0.25) is 0 Å². The van der Waals surface area contributed by atoms with Crippen molar-refractivity contribution < 1.29 is 9.84 Å². The van der Waals surface area contributed by atoms with Crippen molar-refractivity contribution in [3.05, 3.63) is 35.2 Å². The van der Waals surface area contributed by atoms with Gasteiger partial charge in [-0.1, -0.05) is 6.07 Å². The molecular formula is C32H48N6O2. The maximum absolute atomic E-state index is 9.86. The molecule has 1 heterocycles. The van der Waals surface area contributed by atoms with Crippen molar-refractivity contribution >= 4 is 6.21 Å². The number of allylic oxidation sites excluding steroid dienone is 2. The van der Waals surface area contributed by atoms with Crippen LogP contribution in [0.15, 0.2) is 34.6 Å². The monoisotopic (exact) mass is 548 g/mol. The predicted octanol–water partition coefficient (Wildman–Crippen LogP) is 4.32. The van der Waals surface area contributed by atoms with Crippen molar-refractivity contribution in [1.82, 2.24) is 20.9 Å². The van der Waals surface area contributed by atoms with Crippen molar-refractivity contribution in [3.8, 4) is 11.9 Å².